The zero-order valence-electron chi connectivity index (χ0n) is 12.9. The van der Waals surface area contributed by atoms with E-state index in [9.17, 15) is 4.79 Å². The minimum absolute atomic E-state index is 0.0241. The van der Waals surface area contributed by atoms with Gasteiger partial charge in [-0.2, -0.15) is 0 Å². The Morgan fingerprint density at radius 2 is 2.43 bits per heavy atom. The maximum Gasteiger partial charge on any atom is 0.251 e. The maximum absolute atomic E-state index is 12.2. The van der Waals surface area contributed by atoms with E-state index < -0.39 is 0 Å². The minimum Gasteiger partial charge on any atom is -0.472 e. The number of nitrogens with zero attached hydrogens (tertiary/aromatic N) is 3. The number of imidazole rings is 1. The highest BCUT2D eigenvalue weighted by Gasteiger charge is 2.18. The molecular weight excluding hydrogens is 296 g/mol. The topological polar surface area (TPSA) is 78.3 Å². The fraction of sp³-hybridized carbons (Fsp3) is 0.438. The molecular formula is C16H20N4O3. The van der Waals surface area contributed by atoms with Gasteiger partial charge in [-0.1, -0.05) is 0 Å². The monoisotopic (exact) mass is 316 g/mol. The first-order valence-corrected chi connectivity index (χ1v) is 7.75. The number of aryl methyl sites for hydroxylation is 1. The maximum atomic E-state index is 12.2. The molecule has 122 valence electrons. The molecule has 1 fully saturated rings. The third-order valence-corrected chi connectivity index (χ3v) is 3.61. The molecule has 0 spiro atoms. The number of nitrogens with one attached hydrogen (secondary N) is 1. The van der Waals surface area contributed by atoms with E-state index in [1.807, 2.05) is 10.8 Å². The van der Waals surface area contributed by atoms with Crippen molar-refractivity contribution in [2.75, 3.05) is 19.8 Å². The molecule has 1 N–H and O–H groups in total. The zero-order valence-corrected chi connectivity index (χ0v) is 12.9. The quantitative estimate of drug-likeness (QED) is 0.778. The molecule has 0 aromatic carbocycles. The number of ether oxygens (including phenoxy) is 2. The van der Waals surface area contributed by atoms with Crippen molar-refractivity contribution in [3.63, 3.8) is 0 Å². The third-order valence-electron chi connectivity index (χ3n) is 3.61. The minimum atomic E-state index is -0.120. The fourth-order valence-corrected chi connectivity index (χ4v) is 2.38. The van der Waals surface area contributed by atoms with Gasteiger partial charge >= 0.3 is 0 Å². The van der Waals surface area contributed by atoms with Crippen LogP contribution in [0, 0.1) is 0 Å². The summed E-state index contributed by atoms with van der Waals surface area (Å²) in [6, 6.07) is 3.35. The molecule has 0 radical (unpaired) electrons. The van der Waals surface area contributed by atoms with E-state index in [1.54, 1.807) is 30.9 Å². The Labute approximate surface area is 134 Å². The lowest BCUT2D eigenvalue weighted by Gasteiger charge is -2.11. The average Bonchev–Trinajstić information content (AvgIpc) is 3.25. The highest BCUT2D eigenvalue weighted by atomic mass is 16.5. The van der Waals surface area contributed by atoms with Crippen LogP contribution < -0.4 is 10.1 Å². The van der Waals surface area contributed by atoms with Crippen molar-refractivity contribution in [2.45, 2.75) is 25.5 Å². The lowest BCUT2D eigenvalue weighted by Crippen LogP contribution is -2.25. The van der Waals surface area contributed by atoms with Crippen LogP contribution in [0.2, 0.25) is 0 Å². The first kappa shape index (κ1) is 15.5. The number of pyridine rings is 1. The van der Waals surface area contributed by atoms with Gasteiger partial charge in [0.1, 0.15) is 6.10 Å². The van der Waals surface area contributed by atoms with Gasteiger partial charge in [-0.15, -0.1) is 0 Å². The van der Waals surface area contributed by atoms with Gasteiger partial charge in [0, 0.05) is 49.7 Å². The number of carbonyl (C=O) groups is 1. The summed E-state index contributed by atoms with van der Waals surface area (Å²) < 4.78 is 13.0. The van der Waals surface area contributed by atoms with Gasteiger partial charge in [-0.05, 0) is 12.5 Å². The van der Waals surface area contributed by atoms with Gasteiger partial charge in [-0.25, -0.2) is 9.97 Å². The Balaban J connectivity index is 1.46. The molecule has 1 atom stereocenters. The Kier molecular flexibility index (Phi) is 5.21. The van der Waals surface area contributed by atoms with Crippen LogP contribution in [0.1, 0.15) is 23.2 Å². The molecule has 1 aliphatic rings. The summed E-state index contributed by atoms with van der Waals surface area (Å²) in [4.78, 5) is 20.3. The van der Waals surface area contributed by atoms with E-state index >= 15 is 0 Å². The highest BCUT2D eigenvalue weighted by molar-refractivity contribution is 5.94. The predicted octanol–water partition coefficient (Wildman–Crippen LogP) is 1.27. The number of carbonyl (C=O) groups excluding carboxylic acids is 1. The number of amides is 1. The van der Waals surface area contributed by atoms with Crippen LogP contribution >= 0.6 is 0 Å². The number of rotatable bonds is 7. The molecule has 7 heteroatoms. The molecule has 0 saturated carbocycles. The standard InChI is InChI=1S/C16H20N4O3/c21-16(19-4-1-7-20-8-6-17-12-20)13-2-5-18-15(10-13)23-14-3-9-22-11-14/h2,5-6,8,10,12,14H,1,3-4,7,9,11H2,(H,19,21). The second-order valence-corrected chi connectivity index (χ2v) is 5.40. The molecule has 3 heterocycles. The van der Waals surface area contributed by atoms with E-state index in [0.717, 1.165) is 19.4 Å². The molecule has 0 bridgehead atoms. The van der Waals surface area contributed by atoms with E-state index in [4.69, 9.17) is 9.47 Å². The van der Waals surface area contributed by atoms with Crippen LogP contribution in [0.25, 0.3) is 0 Å². The van der Waals surface area contributed by atoms with Crippen molar-refractivity contribution < 1.29 is 14.3 Å². The molecule has 1 saturated heterocycles. The first-order chi connectivity index (χ1) is 11.3. The predicted molar refractivity (Wildman–Crippen MR) is 83.3 cm³/mol. The summed E-state index contributed by atoms with van der Waals surface area (Å²) in [7, 11) is 0. The number of hydrogen-bond donors (Lipinski definition) is 1. The smallest absolute Gasteiger partial charge is 0.251 e. The second-order valence-electron chi connectivity index (χ2n) is 5.40. The Morgan fingerprint density at radius 1 is 1.48 bits per heavy atom. The third kappa shape index (κ3) is 4.53. The Hall–Kier alpha value is -2.41. The first-order valence-electron chi connectivity index (χ1n) is 7.75. The van der Waals surface area contributed by atoms with Crippen molar-refractivity contribution in [3.05, 3.63) is 42.6 Å². The molecule has 2 aromatic heterocycles. The molecule has 2 aromatic rings. The molecule has 1 amide bonds. The van der Waals surface area contributed by atoms with Crippen LogP contribution in [0.15, 0.2) is 37.1 Å². The largest absolute Gasteiger partial charge is 0.472 e. The van der Waals surface area contributed by atoms with Crippen molar-refractivity contribution >= 4 is 5.91 Å². The zero-order chi connectivity index (χ0) is 15.9. The van der Waals surface area contributed by atoms with Gasteiger partial charge < -0.3 is 19.4 Å². The van der Waals surface area contributed by atoms with Crippen LogP contribution in [0.5, 0.6) is 5.88 Å². The molecule has 7 nitrogen and oxygen atoms in total. The summed E-state index contributed by atoms with van der Waals surface area (Å²) in [6.07, 6.45) is 8.72. The second kappa shape index (κ2) is 7.73. The van der Waals surface area contributed by atoms with Crippen LogP contribution in [-0.2, 0) is 11.3 Å². The van der Waals surface area contributed by atoms with Crippen molar-refractivity contribution in [3.8, 4) is 5.88 Å². The van der Waals surface area contributed by atoms with Gasteiger partial charge in [0.25, 0.3) is 5.91 Å². The van der Waals surface area contributed by atoms with Gasteiger partial charge in [0.05, 0.1) is 19.5 Å². The summed E-state index contributed by atoms with van der Waals surface area (Å²) >= 11 is 0. The normalized spacial score (nSPS) is 17.1. The highest BCUT2D eigenvalue weighted by Crippen LogP contribution is 2.15. The van der Waals surface area contributed by atoms with Crippen molar-refractivity contribution in [1.82, 2.24) is 19.9 Å². The fourth-order valence-electron chi connectivity index (χ4n) is 2.38. The lowest BCUT2D eigenvalue weighted by atomic mass is 10.2. The van der Waals surface area contributed by atoms with Gasteiger partial charge in [0.2, 0.25) is 5.88 Å². The SMILES string of the molecule is O=C(NCCCn1ccnc1)c1ccnc(OC2CCOC2)c1. The van der Waals surface area contributed by atoms with E-state index in [0.29, 0.717) is 31.2 Å². The Morgan fingerprint density at radius 3 is 3.22 bits per heavy atom. The summed E-state index contributed by atoms with van der Waals surface area (Å²) in [6.45, 7) is 2.72. The molecule has 0 aliphatic carbocycles. The van der Waals surface area contributed by atoms with Gasteiger partial charge in [0.15, 0.2) is 0 Å². The van der Waals surface area contributed by atoms with Gasteiger partial charge in [-0.3, -0.25) is 4.79 Å². The lowest BCUT2D eigenvalue weighted by molar-refractivity contribution is 0.0951. The summed E-state index contributed by atoms with van der Waals surface area (Å²) in [5.41, 5.74) is 0.552. The van der Waals surface area contributed by atoms with Crippen molar-refractivity contribution in [2.24, 2.45) is 0 Å². The number of aromatic nitrogens is 3. The van der Waals surface area contributed by atoms with Crippen LogP contribution in [0.3, 0.4) is 0 Å². The summed E-state index contributed by atoms with van der Waals surface area (Å²) in [5, 5.41) is 2.90. The molecule has 3 rings (SSSR count). The van der Waals surface area contributed by atoms with E-state index in [-0.39, 0.29) is 12.0 Å². The van der Waals surface area contributed by atoms with E-state index in [1.165, 1.54) is 0 Å². The number of hydrogen-bond acceptors (Lipinski definition) is 5. The van der Waals surface area contributed by atoms with Crippen molar-refractivity contribution in [1.29, 1.82) is 0 Å². The molecule has 1 unspecified atom stereocenters. The van der Waals surface area contributed by atoms with Crippen LogP contribution in [-0.4, -0.2) is 46.3 Å². The Bertz CT molecular complexity index is 624. The summed E-state index contributed by atoms with van der Waals surface area (Å²) in [5.74, 6) is 0.345. The molecule has 23 heavy (non-hydrogen) atoms. The average molecular weight is 316 g/mol. The van der Waals surface area contributed by atoms with E-state index in [2.05, 4.69) is 15.3 Å². The molecule has 1 aliphatic heterocycles. The van der Waals surface area contributed by atoms with Crippen LogP contribution in [0.4, 0.5) is 0 Å².